The Labute approximate surface area is 146 Å². The maximum Gasteiger partial charge on any atom is 0.259 e. The summed E-state index contributed by atoms with van der Waals surface area (Å²) in [5, 5.41) is 9.46. The van der Waals surface area contributed by atoms with Gasteiger partial charge in [-0.3, -0.25) is 4.79 Å². The summed E-state index contributed by atoms with van der Waals surface area (Å²) in [5.74, 6) is -0.274. The van der Waals surface area contributed by atoms with Crippen LogP contribution >= 0.6 is 11.6 Å². The Bertz CT molecular complexity index is 851. The first-order chi connectivity index (χ1) is 11.4. The molecule has 4 nitrogen and oxygen atoms in total. The minimum atomic E-state index is -0.794. The minimum Gasteiger partial charge on any atom is -0.488 e. The van der Waals surface area contributed by atoms with Gasteiger partial charge < -0.3 is 10.5 Å². The minimum absolute atomic E-state index is 0.159. The Morgan fingerprint density at radius 3 is 2.62 bits per heavy atom. The van der Waals surface area contributed by atoms with Crippen LogP contribution in [0.2, 0.25) is 5.02 Å². The summed E-state index contributed by atoms with van der Waals surface area (Å²) in [5.41, 5.74) is 8.98. The SMILES string of the molecule is Cc1ccc(COc2ccc(Cl)cc2/C=C(\C#N)C(N)=O)cc1C. The van der Waals surface area contributed by atoms with E-state index in [4.69, 9.17) is 27.3 Å². The van der Waals surface area contributed by atoms with Crippen molar-refractivity contribution in [3.63, 3.8) is 0 Å². The first-order valence-electron chi connectivity index (χ1n) is 7.31. The van der Waals surface area contributed by atoms with Crippen molar-refractivity contribution in [3.8, 4) is 11.8 Å². The first kappa shape index (κ1) is 17.6. The zero-order valence-electron chi connectivity index (χ0n) is 13.5. The van der Waals surface area contributed by atoms with Crippen molar-refractivity contribution in [1.82, 2.24) is 0 Å². The summed E-state index contributed by atoms with van der Waals surface area (Å²) >= 11 is 5.99. The molecule has 0 fully saturated rings. The zero-order valence-corrected chi connectivity index (χ0v) is 14.2. The van der Waals surface area contributed by atoms with Gasteiger partial charge in [-0.25, -0.2) is 0 Å². The average Bonchev–Trinajstić information content (AvgIpc) is 2.54. The molecule has 0 saturated carbocycles. The highest BCUT2D eigenvalue weighted by atomic mass is 35.5. The van der Waals surface area contributed by atoms with Crippen LogP contribution in [0.1, 0.15) is 22.3 Å². The Morgan fingerprint density at radius 2 is 2.00 bits per heavy atom. The predicted molar refractivity (Wildman–Crippen MR) is 94.5 cm³/mol. The largest absolute Gasteiger partial charge is 0.488 e. The number of aryl methyl sites for hydroxylation is 2. The molecule has 2 aromatic rings. The van der Waals surface area contributed by atoms with E-state index in [0.29, 0.717) is 22.9 Å². The highest BCUT2D eigenvalue weighted by molar-refractivity contribution is 6.30. The third-order valence-corrected chi connectivity index (χ3v) is 3.86. The second kappa shape index (κ2) is 7.67. The van der Waals surface area contributed by atoms with Gasteiger partial charge in [-0.15, -0.1) is 0 Å². The maximum atomic E-state index is 11.2. The van der Waals surface area contributed by atoms with Crippen molar-refractivity contribution >= 4 is 23.6 Å². The van der Waals surface area contributed by atoms with Gasteiger partial charge in [0, 0.05) is 10.6 Å². The highest BCUT2D eigenvalue weighted by Gasteiger charge is 2.09. The van der Waals surface area contributed by atoms with E-state index in [9.17, 15) is 4.79 Å². The summed E-state index contributed by atoms with van der Waals surface area (Å²) in [6.07, 6.45) is 1.38. The van der Waals surface area contributed by atoms with Crippen molar-refractivity contribution in [1.29, 1.82) is 5.26 Å². The Morgan fingerprint density at radius 1 is 1.25 bits per heavy atom. The topological polar surface area (TPSA) is 76.1 Å². The molecule has 0 bridgehead atoms. The number of halogens is 1. The number of hydrogen-bond donors (Lipinski definition) is 1. The van der Waals surface area contributed by atoms with Crippen molar-refractivity contribution in [3.05, 3.63) is 69.2 Å². The number of amides is 1. The Balaban J connectivity index is 2.29. The Kier molecular flexibility index (Phi) is 5.62. The molecule has 5 heteroatoms. The summed E-state index contributed by atoms with van der Waals surface area (Å²) < 4.78 is 5.83. The molecule has 0 aliphatic rings. The fourth-order valence-corrected chi connectivity index (χ4v) is 2.31. The second-order valence-electron chi connectivity index (χ2n) is 5.42. The average molecular weight is 341 g/mol. The molecule has 1 amide bonds. The molecule has 0 aliphatic carbocycles. The molecule has 122 valence electrons. The number of rotatable bonds is 5. The van der Waals surface area contributed by atoms with Crippen LogP contribution in [0, 0.1) is 25.2 Å². The smallest absolute Gasteiger partial charge is 0.259 e. The van der Waals surface area contributed by atoms with Crippen LogP contribution in [-0.4, -0.2) is 5.91 Å². The van der Waals surface area contributed by atoms with Crippen LogP contribution in [0.4, 0.5) is 0 Å². The first-order valence-corrected chi connectivity index (χ1v) is 7.68. The molecule has 2 N–H and O–H groups in total. The van der Waals surface area contributed by atoms with E-state index in [0.717, 1.165) is 5.56 Å². The summed E-state index contributed by atoms with van der Waals surface area (Å²) in [6, 6.07) is 12.9. The normalized spacial score (nSPS) is 11.0. The lowest BCUT2D eigenvalue weighted by atomic mass is 10.1. The fraction of sp³-hybridized carbons (Fsp3) is 0.158. The van der Waals surface area contributed by atoms with Gasteiger partial charge in [0.1, 0.15) is 24.0 Å². The molecule has 24 heavy (non-hydrogen) atoms. The van der Waals surface area contributed by atoms with E-state index in [1.807, 2.05) is 19.1 Å². The van der Waals surface area contributed by atoms with Crippen LogP contribution in [-0.2, 0) is 11.4 Å². The van der Waals surface area contributed by atoms with Gasteiger partial charge in [0.2, 0.25) is 0 Å². The van der Waals surface area contributed by atoms with Crippen LogP contribution in [0.25, 0.3) is 6.08 Å². The lowest BCUT2D eigenvalue weighted by Crippen LogP contribution is -2.12. The van der Waals surface area contributed by atoms with Gasteiger partial charge in [-0.1, -0.05) is 29.8 Å². The van der Waals surface area contributed by atoms with Crippen LogP contribution < -0.4 is 10.5 Å². The number of primary amides is 1. The van der Waals surface area contributed by atoms with E-state index in [-0.39, 0.29) is 5.57 Å². The van der Waals surface area contributed by atoms with E-state index in [2.05, 4.69) is 13.0 Å². The zero-order chi connectivity index (χ0) is 17.7. The predicted octanol–water partition coefficient (Wildman–Crippen LogP) is 3.93. The molecule has 0 spiro atoms. The monoisotopic (exact) mass is 340 g/mol. The van der Waals surface area contributed by atoms with Crippen LogP contribution in [0.5, 0.6) is 5.75 Å². The van der Waals surface area contributed by atoms with Crippen molar-refractivity contribution in [2.45, 2.75) is 20.5 Å². The summed E-state index contributed by atoms with van der Waals surface area (Å²) in [7, 11) is 0. The number of ether oxygens (including phenoxy) is 1. The molecule has 0 aliphatic heterocycles. The third-order valence-electron chi connectivity index (χ3n) is 3.62. The number of nitriles is 1. The van der Waals surface area contributed by atoms with Gasteiger partial charge in [-0.05, 0) is 54.8 Å². The van der Waals surface area contributed by atoms with Crippen molar-refractivity contribution in [2.75, 3.05) is 0 Å². The molecule has 2 rings (SSSR count). The molecule has 0 atom stereocenters. The molecule has 0 unspecified atom stereocenters. The fourth-order valence-electron chi connectivity index (χ4n) is 2.13. The number of nitrogens with zero attached hydrogens (tertiary/aromatic N) is 1. The number of carbonyl (C=O) groups excluding carboxylic acids is 1. The van der Waals surface area contributed by atoms with Gasteiger partial charge in [0.05, 0.1) is 0 Å². The lowest BCUT2D eigenvalue weighted by Gasteiger charge is -2.11. The number of benzene rings is 2. The van der Waals surface area contributed by atoms with Crippen molar-refractivity contribution < 1.29 is 9.53 Å². The highest BCUT2D eigenvalue weighted by Crippen LogP contribution is 2.26. The summed E-state index contributed by atoms with van der Waals surface area (Å²) in [4.78, 5) is 11.2. The quantitative estimate of drug-likeness (QED) is 0.661. The van der Waals surface area contributed by atoms with Gasteiger partial charge in [-0.2, -0.15) is 5.26 Å². The van der Waals surface area contributed by atoms with E-state index in [1.54, 1.807) is 24.3 Å². The Hall–Kier alpha value is -2.77. The van der Waals surface area contributed by atoms with E-state index < -0.39 is 5.91 Å². The number of carbonyl (C=O) groups is 1. The molecule has 0 heterocycles. The van der Waals surface area contributed by atoms with Crippen molar-refractivity contribution in [2.24, 2.45) is 5.73 Å². The van der Waals surface area contributed by atoms with Gasteiger partial charge >= 0.3 is 0 Å². The van der Waals surface area contributed by atoms with E-state index >= 15 is 0 Å². The lowest BCUT2D eigenvalue weighted by molar-refractivity contribution is -0.114. The maximum absolute atomic E-state index is 11.2. The molecule has 2 aromatic carbocycles. The molecule has 0 aromatic heterocycles. The summed E-state index contributed by atoms with van der Waals surface area (Å²) in [6.45, 7) is 4.46. The molecule has 0 saturated heterocycles. The van der Waals surface area contributed by atoms with Gasteiger partial charge in [0.25, 0.3) is 5.91 Å². The standard InChI is InChI=1S/C19H17ClN2O2/c1-12-3-4-14(7-13(12)2)11-24-18-6-5-17(20)9-15(18)8-16(10-21)19(22)23/h3-9H,11H2,1-2H3,(H2,22,23)/b16-8+. The molecular formula is C19H17ClN2O2. The third kappa shape index (κ3) is 4.37. The van der Waals surface area contributed by atoms with Crippen LogP contribution in [0.3, 0.4) is 0 Å². The number of hydrogen-bond acceptors (Lipinski definition) is 3. The van der Waals surface area contributed by atoms with Crippen LogP contribution in [0.15, 0.2) is 42.0 Å². The molecule has 0 radical (unpaired) electrons. The van der Waals surface area contributed by atoms with Gasteiger partial charge in [0.15, 0.2) is 0 Å². The second-order valence-corrected chi connectivity index (χ2v) is 5.86. The van der Waals surface area contributed by atoms with E-state index in [1.165, 1.54) is 17.2 Å². The number of nitrogens with two attached hydrogens (primary N) is 1. The molecular weight excluding hydrogens is 324 g/mol.